The Hall–Kier alpha value is -0.590. The van der Waals surface area contributed by atoms with Gasteiger partial charge in [0.1, 0.15) is 0 Å². The van der Waals surface area contributed by atoms with Crippen molar-refractivity contribution in [2.45, 2.75) is 33.6 Å². The monoisotopic (exact) mass is 291 g/mol. The molecule has 0 atom stereocenters. The van der Waals surface area contributed by atoms with Crippen LogP contribution in [-0.4, -0.2) is 35.0 Å². The number of aryl methyl sites for hydroxylation is 1. The molecule has 1 saturated heterocycles. The summed E-state index contributed by atoms with van der Waals surface area (Å²) >= 11 is 6.00. The molecule has 0 radical (unpaired) electrons. The highest BCUT2D eigenvalue weighted by Crippen LogP contribution is 2.24. The molecule has 7 heteroatoms. The smallest absolute Gasteiger partial charge is 0.187 e. The minimum Gasteiger partial charge on any atom is -0.187 e. The van der Waals surface area contributed by atoms with Gasteiger partial charge in [-0.05, 0) is 32.6 Å². The Labute approximate surface area is 113 Å². The predicted octanol–water partition coefficient (Wildman–Crippen LogP) is 1.98. The lowest BCUT2D eigenvalue weighted by molar-refractivity contribution is 0.284. The Bertz CT molecular complexity index is 545. The van der Waals surface area contributed by atoms with E-state index in [-0.39, 0.29) is 0 Å². The van der Waals surface area contributed by atoms with Gasteiger partial charge >= 0.3 is 10.2 Å². The van der Waals surface area contributed by atoms with E-state index in [1.165, 1.54) is 4.31 Å². The molecule has 0 bridgehead atoms. The van der Waals surface area contributed by atoms with Crippen LogP contribution in [0, 0.1) is 19.8 Å². The summed E-state index contributed by atoms with van der Waals surface area (Å²) in [6, 6.07) is 0. The van der Waals surface area contributed by atoms with Gasteiger partial charge < -0.3 is 0 Å². The first-order valence-corrected chi connectivity index (χ1v) is 7.84. The molecule has 2 rings (SSSR count). The van der Waals surface area contributed by atoms with Crippen LogP contribution in [0.3, 0.4) is 0 Å². The van der Waals surface area contributed by atoms with Gasteiger partial charge in [-0.15, -0.1) is 4.09 Å². The maximum atomic E-state index is 12.4. The SMILES string of the molecule is Cc1nn(S(=O)(=O)N2CCC(C)CC2)c(C)c1Cl. The second-order valence-electron chi connectivity index (χ2n) is 4.92. The minimum atomic E-state index is -3.56. The zero-order valence-corrected chi connectivity index (χ0v) is 12.4. The molecule has 1 fully saturated rings. The lowest BCUT2D eigenvalue weighted by Crippen LogP contribution is -2.41. The molecule has 0 aromatic carbocycles. The van der Waals surface area contributed by atoms with Crippen molar-refractivity contribution < 1.29 is 8.42 Å². The van der Waals surface area contributed by atoms with E-state index < -0.39 is 10.2 Å². The van der Waals surface area contributed by atoms with Crippen molar-refractivity contribution in [2.24, 2.45) is 5.92 Å². The van der Waals surface area contributed by atoms with Crippen molar-refractivity contribution in [3.8, 4) is 0 Å². The lowest BCUT2D eigenvalue weighted by Gasteiger charge is -2.29. The van der Waals surface area contributed by atoms with Gasteiger partial charge in [0.25, 0.3) is 0 Å². The third-order valence-electron chi connectivity index (χ3n) is 3.45. The summed E-state index contributed by atoms with van der Waals surface area (Å²) in [5.74, 6) is 0.584. The first kappa shape index (κ1) is 13.8. The van der Waals surface area contributed by atoms with Crippen molar-refractivity contribution in [1.29, 1.82) is 0 Å². The van der Waals surface area contributed by atoms with Gasteiger partial charge in [-0.3, -0.25) is 0 Å². The van der Waals surface area contributed by atoms with E-state index in [1.54, 1.807) is 13.8 Å². The summed E-state index contributed by atoms with van der Waals surface area (Å²) < 4.78 is 27.4. The van der Waals surface area contributed by atoms with Crippen molar-refractivity contribution in [1.82, 2.24) is 13.5 Å². The normalized spacial score (nSPS) is 19.3. The van der Waals surface area contributed by atoms with E-state index in [9.17, 15) is 8.42 Å². The minimum absolute atomic E-state index is 0.420. The van der Waals surface area contributed by atoms with Gasteiger partial charge in [-0.1, -0.05) is 18.5 Å². The molecular formula is C11H18ClN3O2S. The number of halogens is 1. The zero-order valence-electron chi connectivity index (χ0n) is 10.9. The maximum Gasteiger partial charge on any atom is 0.323 e. The number of hydrogen-bond acceptors (Lipinski definition) is 3. The van der Waals surface area contributed by atoms with Crippen LogP contribution in [0.1, 0.15) is 31.2 Å². The molecule has 0 unspecified atom stereocenters. The van der Waals surface area contributed by atoms with E-state index in [0.717, 1.165) is 16.9 Å². The number of aromatic nitrogens is 2. The third-order valence-corrected chi connectivity index (χ3v) is 5.81. The first-order chi connectivity index (χ1) is 8.34. The van der Waals surface area contributed by atoms with Gasteiger partial charge in [0, 0.05) is 13.1 Å². The van der Waals surface area contributed by atoms with Gasteiger partial charge in [0.2, 0.25) is 0 Å². The topological polar surface area (TPSA) is 55.2 Å². The largest absolute Gasteiger partial charge is 0.323 e. The van der Waals surface area contributed by atoms with Crippen LogP contribution in [0.25, 0.3) is 0 Å². The first-order valence-electron chi connectivity index (χ1n) is 6.06. The predicted molar refractivity (Wildman–Crippen MR) is 71.0 cm³/mol. The van der Waals surface area contributed by atoms with Gasteiger partial charge in [0.05, 0.1) is 16.4 Å². The summed E-state index contributed by atoms with van der Waals surface area (Å²) in [4.78, 5) is 0. The van der Waals surface area contributed by atoms with Crippen molar-refractivity contribution in [3.63, 3.8) is 0 Å². The molecule has 0 saturated carbocycles. The fourth-order valence-electron chi connectivity index (χ4n) is 2.15. The van der Waals surface area contributed by atoms with E-state index in [1.807, 2.05) is 0 Å². The number of hydrogen-bond donors (Lipinski definition) is 0. The van der Waals surface area contributed by atoms with Crippen molar-refractivity contribution in [3.05, 3.63) is 16.4 Å². The highest BCUT2D eigenvalue weighted by molar-refractivity contribution is 7.87. The maximum absolute atomic E-state index is 12.4. The van der Waals surface area contributed by atoms with Gasteiger partial charge in [-0.2, -0.15) is 17.8 Å². The van der Waals surface area contributed by atoms with Crippen LogP contribution < -0.4 is 0 Å². The quantitative estimate of drug-likeness (QED) is 0.837. The molecule has 1 aliphatic heterocycles. The molecule has 1 aromatic rings. The average molecular weight is 292 g/mol. The summed E-state index contributed by atoms with van der Waals surface area (Å²) in [5.41, 5.74) is 1.02. The Morgan fingerprint density at radius 3 is 2.28 bits per heavy atom. The second kappa shape index (κ2) is 4.83. The molecule has 0 spiro atoms. The van der Waals surface area contributed by atoms with E-state index in [0.29, 0.717) is 35.4 Å². The average Bonchev–Trinajstić information content (AvgIpc) is 2.58. The Balaban J connectivity index is 2.33. The van der Waals surface area contributed by atoms with Crippen LogP contribution in [0.5, 0.6) is 0 Å². The van der Waals surface area contributed by atoms with Gasteiger partial charge in [0.15, 0.2) is 0 Å². The molecule has 1 aromatic heterocycles. The van der Waals surface area contributed by atoms with Gasteiger partial charge in [-0.25, -0.2) is 0 Å². The molecule has 1 aliphatic rings. The van der Waals surface area contributed by atoms with Crippen LogP contribution in [-0.2, 0) is 10.2 Å². The highest BCUT2D eigenvalue weighted by Gasteiger charge is 2.30. The Morgan fingerprint density at radius 1 is 1.28 bits per heavy atom. The van der Waals surface area contributed by atoms with Crippen LogP contribution in [0.15, 0.2) is 0 Å². The summed E-state index contributed by atoms with van der Waals surface area (Å²) in [6.45, 7) is 6.63. The molecule has 5 nitrogen and oxygen atoms in total. The van der Waals surface area contributed by atoms with Crippen molar-refractivity contribution in [2.75, 3.05) is 13.1 Å². The molecule has 2 heterocycles. The lowest BCUT2D eigenvalue weighted by atomic mass is 10.0. The third kappa shape index (κ3) is 2.29. The Kier molecular flexibility index (Phi) is 3.71. The van der Waals surface area contributed by atoms with E-state index in [2.05, 4.69) is 12.0 Å². The fourth-order valence-corrected chi connectivity index (χ4v) is 3.87. The highest BCUT2D eigenvalue weighted by atomic mass is 35.5. The second-order valence-corrected chi connectivity index (χ2v) is 7.05. The number of rotatable bonds is 2. The molecular weight excluding hydrogens is 274 g/mol. The molecule has 0 N–H and O–H groups in total. The Morgan fingerprint density at radius 2 is 1.83 bits per heavy atom. The number of piperidine rings is 1. The van der Waals surface area contributed by atoms with Crippen LogP contribution in [0.2, 0.25) is 5.02 Å². The molecule has 18 heavy (non-hydrogen) atoms. The standard InChI is InChI=1S/C11H18ClN3O2S/c1-8-4-6-14(7-5-8)18(16,17)15-10(3)11(12)9(2)13-15/h8H,4-7H2,1-3H3. The van der Waals surface area contributed by atoms with Crippen molar-refractivity contribution >= 4 is 21.8 Å². The molecule has 0 amide bonds. The molecule has 0 aliphatic carbocycles. The number of nitrogens with zero attached hydrogens (tertiary/aromatic N) is 3. The van der Waals surface area contributed by atoms with Crippen LogP contribution in [0.4, 0.5) is 0 Å². The molecule has 102 valence electrons. The van der Waals surface area contributed by atoms with E-state index in [4.69, 9.17) is 11.6 Å². The fraction of sp³-hybridized carbons (Fsp3) is 0.727. The summed E-state index contributed by atoms with van der Waals surface area (Å²) in [7, 11) is -3.56. The zero-order chi connectivity index (χ0) is 13.5. The summed E-state index contributed by atoms with van der Waals surface area (Å²) in [6.07, 6.45) is 1.79. The van der Waals surface area contributed by atoms with E-state index >= 15 is 0 Å². The van der Waals surface area contributed by atoms with Crippen LogP contribution >= 0.6 is 11.6 Å². The summed E-state index contributed by atoms with van der Waals surface area (Å²) in [5, 5.41) is 4.45.